The molecule has 0 amide bonds. The number of Topliss-reactive ketones (excluding diaryl/α,β-unsaturated/α-hetero) is 1. The molecule has 0 fully saturated rings. The average Bonchev–Trinajstić information content (AvgIpc) is 2.82. The molecule has 0 aliphatic heterocycles. The van der Waals surface area contributed by atoms with Crippen molar-refractivity contribution in [3.63, 3.8) is 0 Å². The number of halogens is 2. The third-order valence-electron chi connectivity index (χ3n) is 2.73. The van der Waals surface area contributed by atoms with E-state index in [0.29, 0.717) is 27.8 Å². The lowest BCUT2D eigenvalue weighted by Gasteiger charge is -2.04. The molecule has 0 saturated carbocycles. The number of benzene rings is 1. The van der Waals surface area contributed by atoms with Gasteiger partial charge in [0, 0.05) is 22.9 Å². The van der Waals surface area contributed by atoms with Crippen LogP contribution in [0.4, 0.5) is 0 Å². The second-order valence-electron chi connectivity index (χ2n) is 3.95. The van der Waals surface area contributed by atoms with E-state index in [2.05, 4.69) is 0 Å². The molecule has 0 aliphatic rings. The van der Waals surface area contributed by atoms with Crippen LogP contribution in [0.3, 0.4) is 0 Å². The molecular weight excluding hydrogens is 271 g/mol. The Kier molecular flexibility index (Phi) is 4.10. The van der Waals surface area contributed by atoms with Crippen molar-refractivity contribution in [1.82, 2.24) is 0 Å². The van der Waals surface area contributed by atoms with Gasteiger partial charge in [-0.3, -0.25) is 4.79 Å². The predicted octanol–water partition coefficient (Wildman–Crippen LogP) is 4.57. The highest BCUT2D eigenvalue weighted by molar-refractivity contribution is 6.33. The summed E-state index contributed by atoms with van der Waals surface area (Å²) in [5, 5.41) is 1.12. The Balaban J connectivity index is 2.24. The fraction of sp³-hybridized carbons (Fsp3) is 0.214. The minimum Gasteiger partial charge on any atom is -0.469 e. The quantitative estimate of drug-likeness (QED) is 0.769. The predicted molar refractivity (Wildman–Crippen MR) is 72.6 cm³/mol. The molecule has 0 N–H and O–H groups in total. The minimum absolute atomic E-state index is 0.00948. The lowest BCUT2D eigenvalue weighted by atomic mass is 10.0. The molecular formula is C14H12Cl2O2. The summed E-state index contributed by atoms with van der Waals surface area (Å²) < 4.78 is 5.25. The van der Waals surface area contributed by atoms with E-state index in [1.54, 1.807) is 24.3 Å². The number of hydrogen-bond acceptors (Lipinski definition) is 2. The van der Waals surface area contributed by atoms with Crippen molar-refractivity contribution in [3.05, 3.63) is 57.5 Å². The van der Waals surface area contributed by atoms with Crippen LogP contribution in [0.25, 0.3) is 0 Å². The molecule has 0 radical (unpaired) electrons. The lowest BCUT2D eigenvalue weighted by molar-refractivity contribution is 0.0991. The average molecular weight is 283 g/mol. The number of carbonyl (C=O) groups excluding carboxylic acids is 1. The van der Waals surface area contributed by atoms with Gasteiger partial charge in [0.2, 0.25) is 0 Å². The lowest BCUT2D eigenvalue weighted by Crippen LogP contribution is -2.05. The molecule has 0 aliphatic carbocycles. The van der Waals surface area contributed by atoms with E-state index >= 15 is 0 Å². The molecule has 2 aromatic rings. The second-order valence-corrected chi connectivity index (χ2v) is 4.79. The Morgan fingerprint density at radius 2 is 2.06 bits per heavy atom. The Morgan fingerprint density at radius 1 is 1.28 bits per heavy atom. The molecule has 1 aromatic heterocycles. The zero-order valence-corrected chi connectivity index (χ0v) is 11.4. The highest BCUT2D eigenvalue weighted by Crippen LogP contribution is 2.23. The third kappa shape index (κ3) is 2.77. The third-order valence-corrected chi connectivity index (χ3v) is 3.33. The molecule has 1 heterocycles. The summed E-state index contributed by atoms with van der Waals surface area (Å²) in [5.74, 6) is 0.697. The van der Waals surface area contributed by atoms with Crippen LogP contribution in [-0.2, 0) is 12.8 Å². The number of hydrogen-bond donors (Lipinski definition) is 0. The largest absolute Gasteiger partial charge is 0.469 e. The van der Waals surface area contributed by atoms with Gasteiger partial charge in [-0.25, -0.2) is 0 Å². The second kappa shape index (κ2) is 5.59. The van der Waals surface area contributed by atoms with E-state index in [0.717, 1.165) is 5.56 Å². The molecule has 4 heteroatoms. The van der Waals surface area contributed by atoms with Gasteiger partial charge < -0.3 is 4.42 Å². The van der Waals surface area contributed by atoms with Gasteiger partial charge in [-0.1, -0.05) is 30.1 Å². The smallest absolute Gasteiger partial charge is 0.170 e. The number of rotatable bonds is 4. The van der Waals surface area contributed by atoms with E-state index in [4.69, 9.17) is 27.6 Å². The first-order valence-electron chi connectivity index (χ1n) is 5.65. The van der Waals surface area contributed by atoms with Crippen LogP contribution < -0.4 is 0 Å². The highest BCUT2D eigenvalue weighted by Gasteiger charge is 2.15. The fourth-order valence-electron chi connectivity index (χ4n) is 1.81. The van der Waals surface area contributed by atoms with Crippen LogP contribution in [0.1, 0.15) is 28.6 Å². The molecule has 1 aromatic carbocycles. The molecule has 0 atom stereocenters. The van der Waals surface area contributed by atoms with Crippen molar-refractivity contribution >= 4 is 29.0 Å². The summed E-state index contributed by atoms with van der Waals surface area (Å²) in [4.78, 5) is 12.2. The maximum absolute atomic E-state index is 12.2. The van der Waals surface area contributed by atoms with Gasteiger partial charge in [0.1, 0.15) is 5.76 Å². The molecule has 18 heavy (non-hydrogen) atoms. The molecule has 0 saturated heterocycles. The number of carbonyl (C=O) groups is 1. The van der Waals surface area contributed by atoms with Gasteiger partial charge in [0.15, 0.2) is 5.78 Å². The maximum Gasteiger partial charge on any atom is 0.170 e. The first-order chi connectivity index (χ1) is 8.61. The molecule has 0 spiro atoms. The molecule has 2 nitrogen and oxygen atoms in total. The number of furan rings is 1. The van der Waals surface area contributed by atoms with Crippen molar-refractivity contribution in [2.75, 3.05) is 0 Å². The van der Waals surface area contributed by atoms with Crippen LogP contribution in [0.5, 0.6) is 0 Å². The summed E-state index contributed by atoms with van der Waals surface area (Å²) >= 11 is 11.9. The summed E-state index contributed by atoms with van der Waals surface area (Å²) in [6.07, 6.45) is 2.45. The summed E-state index contributed by atoms with van der Waals surface area (Å²) in [7, 11) is 0. The van der Waals surface area contributed by atoms with Crippen molar-refractivity contribution in [2.24, 2.45) is 0 Å². The van der Waals surface area contributed by atoms with Crippen molar-refractivity contribution in [2.45, 2.75) is 19.8 Å². The standard InChI is InChI=1S/C14H12Cl2O2/c1-2-14-11(5-6-18-14)13(17)8-9-7-10(15)3-4-12(9)16/h3-7H,2,8H2,1H3. The number of ketones is 1. The highest BCUT2D eigenvalue weighted by atomic mass is 35.5. The fourth-order valence-corrected chi connectivity index (χ4v) is 2.19. The normalized spacial score (nSPS) is 10.6. The van der Waals surface area contributed by atoms with Gasteiger partial charge in [0.05, 0.1) is 11.8 Å². The molecule has 2 rings (SSSR count). The Bertz CT molecular complexity index is 573. The van der Waals surface area contributed by atoms with Crippen LogP contribution in [0, 0.1) is 0 Å². The zero-order chi connectivity index (χ0) is 13.1. The van der Waals surface area contributed by atoms with Crippen LogP contribution in [0.15, 0.2) is 34.9 Å². The van der Waals surface area contributed by atoms with Crippen LogP contribution in [-0.4, -0.2) is 5.78 Å². The van der Waals surface area contributed by atoms with Crippen molar-refractivity contribution < 1.29 is 9.21 Å². The van der Waals surface area contributed by atoms with Gasteiger partial charge in [0.25, 0.3) is 0 Å². The Labute approximate surface area is 116 Å². The van der Waals surface area contributed by atoms with E-state index in [9.17, 15) is 4.79 Å². The van der Waals surface area contributed by atoms with Crippen LogP contribution >= 0.6 is 23.2 Å². The van der Waals surface area contributed by atoms with Gasteiger partial charge >= 0.3 is 0 Å². The van der Waals surface area contributed by atoms with Crippen LogP contribution in [0.2, 0.25) is 10.0 Å². The number of aryl methyl sites for hydroxylation is 1. The monoisotopic (exact) mass is 282 g/mol. The summed E-state index contributed by atoms with van der Waals surface area (Å²) in [5.41, 5.74) is 1.35. The summed E-state index contributed by atoms with van der Waals surface area (Å²) in [6, 6.07) is 6.81. The first-order valence-corrected chi connectivity index (χ1v) is 6.41. The Hall–Kier alpha value is -1.25. The van der Waals surface area contributed by atoms with Gasteiger partial charge in [-0.2, -0.15) is 0 Å². The minimum atomic E-state index is -0.00948. The topological polar surface area (TPSA) is 30.2 Å². The zero-order valence-electron chi connectivity index (χ0n) is 9.87. The molecule has 94 valence electrons. The first kappa shape index (κ1) is 13.2. The molecule has 0 bridgehead atoms. The van der Waals surface area contributed by atoms with E-state index in [1.165, 1.54) is 6.26 Å². The SMILES string of the molecule is CCc1occc1C(=O)Cc1cc(Cl)ccc1Cl. The van der Waals surface area contributed by atoms with Gasteiger partial charge in [-0.15, -0.1) is 0 Å². The van der Waals surface area contributed by atoms with E-state index in [-0.39, 0.29) is 12.2 Å². The summed E-state index contributed by atoms with van der Waals surface area (Å²) in [6.45, 7) is 1.95. The van der Waals surface area contributed by atoms with Crippen molar-refractivity contribution in [1.29, 1.82) is 0 Å². The van der Waals surface area contributed by atoms with E-state index in [1.807, 2.05) is 6.92 Å². The Morgan fingerprint density at radius 3 is 2.78 bits per heavy atom. The van der Waals surface area contributed by atoms with E-state index < -0.39 is 0 Å². The maximum atomic E-state index is 12.2. The molecule has 0 unspecified atom stereocenters. The van der Waals surface area contributed by atoms with Gasteiger partial charge in [-0.05, 0) is 29.8 Å². The van der Waals surface area contributed by atoms with Crippen molar-refractivity contribution in [3.8, 4) is 0 Å².